The molecule has 0 heterocycles. The maximum atomic E-state index is 2.26. The molecule has 0 radical (unpaired) electrons. The fraction of sp³-hybridized carbons (Fsp3) is 1.00. The van der Waals surface area contributed by atoms with E-state index in [1.165, 1.54) is 19.3 Å². The van der Waals surface area contributed by atoms with Crippen LogP contribution >= 0.6 is 0 Å². The topological polar surface area (TPSA) is 0 Å². The maximum absolute atomic E-state index is 2.26. The Balaban J connectivity index is 2.99. The van der Waals surface area contributed by atoms with Crippen molar-refractivity contribution < 1.29 is 0 Å². The molecule has 0 aromatic heterocycles. The van der Waals surface area contributed by atoms with Crippen LogP contribution in [0, 0.1) is 5.92 Å². The highest BCUT2D eigenvalue weighted by molar-refractivity contribution is 4.48. The van der Waals surface area contributed by atoms with Crippen molar-refractivity contribution in [3.05, 3.63) is 0 Å². The first-order chi connectivity index (χ1) is 3.35. The fourth-order valence-corrected chi connectivity index (χ4v) is 0.866. The first-order valence-electron chi connectivity index (χ1n) is 3.35. The van der Waals surface area contributed by atoms with Crippen LogP contribution in [0.15, 0.2) is 0 Å². The van der Waals surface area contributed by atoms with Crippen molar-refractivity contribution in [1.29, 1.82) is 0 Å². The van der Waals surface area contributed by atoms with Crippen LogP contribution in [0.25, 0.3) is 0 Å². The third-order valence-electron chi connectivity index (χ3n) is 1.73. The molecule has 7 heavy (non-hydrogen) atoms. The molecular weight excluding hydrogens is 84.1 g/mol. The molecule has 0 nitrogen and oxygen atoms in total. The first kappa shape index (κ1) is 7.00. The molecule has 0 saturated heterocycles. The van der Waals surface area contributed by atoms with Gasteiger partial charge in [-0.1, -0.05) is 40.0 Å². The molecule has 0 fully saturated rings. The van der Waals surface area contributed by atoms with Gasteiger partial charge in [-0.15, -0.1) is 0 Å². The predicted octanol–water partition coefficient (Wildman–Crippen LogP) is 2.83. The molecule has 0 spiro atoms. The van der Waals surface area contributed by atoms with Crippen LogP contribution in [0.4, 0.5) is 0 Å². The van der Waals surface area contributed by atoms with Gasteiger partial charge >= 0.3 is 0 Å². The van der Waals surface area contributed by atoms with Crippen molar-refractivity contribution in [2.45, 2.75) is 40.0 Å². The van der Waals surface area contributed by atoms with E-state index in [0.29, 0.717) is 0 Å². The molecule has 0 aliphatic carbocycles. The molecule has 44 valence electrons. The number of hydrogen-bond acceptors (Lipinski definition) is 0. The molecular formula is C7H16. The quantitative estimate of drug-likeness (QED) is 0.511. The van der Waals surface area contributed by atoms with E-state index in [1.807, 2.05) is 0 Å². The van der Waals surface area contributed by atoms with Crippen LogP contribution in [0.1, 0.15) is 40.0 Å². The Morgan fingerprint density at radius 2 is 1.14 bits per heavy atom. The van der Waals surface area contributed by atoms with E-state index in [2.05, 4.69) is 20.8 Å². The predicted molar refractivity (Wildman–Crippen MR) is 34.4 cm³/mol. The Bertz CT molecular complexity index is 21.5. The molecule has 0 unspecified atom stereocenters. The molecule has 0 N–H and O–H groups in total. The summed E-state index contributed by atoms with van der Waals surface area (Å²) in [5.74, 6) is 0.986. The molecule has 0 aliphatic heterocycles. The summed E-state index contributed by atoms with van der Waals surface area (Å²) < 4.78 is 0. The zero-order chi connectivity index (χ0) is 5.70. The third-order valence-corrected chi connectivity index (χ3v) is 1.73. The van der Waals surface area contributed by atoms with Crippen molar-refractivity contribution in [1.82, 2.24) is 0 Å². The van der Waals surface area contributed by atoms with Gasteiger partial charge in [0.2, 0.25) is 0 Å². The van der Waals surface area contributed by atoms with Gasteiger partial charge in [0.1, 0.15) is 0 Å². The Kier molecular flexibility index (Phi) is 4.17. The summed E-state index contributed by atoms with van der Waals surface area (Å²) in [6, 6.07) is 0. The highest BCUT2D eigenvalue weighted by Gasteiger charge is 1.95. The van der Waals surface area contributed by atoms with Gasteiger partial charge in [-0.3, -0.25) is 0 Å². The van der Waals surface area contributed by atoms with Crippen LogP contribution in [-0.4, -0.2) is 0 Å². The molecule has 0 atom stereocenters. The van der Waals surface area contributed by atoms with Gasteiger partial charge in [0, 0.05) is 0 Å². The average molecular weight is 100 g/mol. The van der Waals surface area contributed by atoms with E-state index in [1.54, 1.807) is 0 Å². The highest BCUT2D eigenvalue weighted by Crippen LogP contribution is 2.09. The van der Waals surface area contributed by atoms with Gasteiger partial charge < -0.3 is 0 Å². The van der Waals surface area contributed by atoms with Crippen LogP contribution in [0.2, 0.25) is 0 Å². The average Bonchev–Trinajstić information content (AvgIpc) is 1.72. The summed E-state index contributed by atoms with van der Waals surface area (Å²) in [7, 11) is 0. The van der Waals surface area contributed by atoms with E-state index in [4.69, 9.17) is 0 Å². The molecule has 0 aliphatic rings. The van der Waals surface area contributed by atoms with E-state index in [-0.39, 0.29) is 0 Å². The molecule has 0 saturated carbocycles. The Morgan fingerprint density at radius 3 is 1.14 bits per heavy atom. The largest absolute Gasteiger partial charge is 0.0651 e. The van der Waals surface area contributed by atoms with Gasteiger partial charge in [0.25, 0.3) is 0 Å². The molecule has 0 bridgehead atoms. The SMILES string of the molecule is CCC(CC)CC. The molecule has 0 amide bonds. The lowest BCUT2D eigenvalue weighted by atomic mass is 10.0. The summed E-state index contributed by atoms with van der Waals surface area (Å²) in [6.07, 6.45) is 4.06. The molecule has 0 aromatic rings. The van der Waals surface area contributed by atoms with Crippen molar-refractivity contribution in [3.8, 4) is 0 Å². The molecule has 0 rings (SSSR count). The smallest absolute Gasteiger partial charge is 0.0422 e. The second-order valence-electron chi connectivity index (χ2n) is 2.09. The lowest BCUT2D eigenvalue weighted by molar-refractivity contribution is 0.477. The second-order valence-corrected chi connectivity index (χ2v) is 2.09. The summed E-state index contributed by atoms with van der Waals surface area (Å²) in [5, 5.41) is 0. The maximum Gasteiger partial charge on any atom is -0.0422 e. The van der Waals surface area contributed by atoms with Gasteiger partial charge in [-0.25, -0.2) is 0 Å². The molecule has 0 aromatic carbocycles. The summed E-state index contributed by atoms with van der Waals surface area (Å²) in [6.45, 7) is 6.78. The minimum Gasteiger partial charge on any atom is -0.0651 e. The van der Waals surface area contributed by atoms with Crippen molar-refractivity contribution >= 4 is 0 Å². The van der Waals surface area contributed by atoms with Crippen molar-refractivity contribution in [2.24, 2.45) is 5.92 Å². The lowest BCUT2D eigenvalue weighted by Crippen LogP contribution is -1.91. The zero-order valence-corrected chi connectivity index (χ0v) is 5.70. The Morgan fingerprint density at radius 1 is 0.857 bits per heavy atom. The summed E-state index contributed by atoms with van der Waals surface area (Å²) in [5.41, 5.74) is 0. The molecule has 0 heteroatoms. The zero-order valence-electron chi connectivity index (χ0n) is 5.70. The normalized spacial score (nSPS) is 10.3. The monoisotopic (exact) mass is 100 g/mol. The van der Waals surface area contributed by atoms with Gasteiger partial charge in [-0.2, -0.15) is 0 Å². The minimum atomic E-state index is 0.986. The van der Waals surface area contributed by atoms with E-state index in [0.717, 1.165) is 5.92 Å². The summed E-state index contributed by atoms with van der Waals surface area (Å²) in [4.78, 5) is 0. The Hall–Kier alpha value is 0. The second kappa shape index (κ2) is 4.17. The van der Waals surface area contributed by atoms with Crippen LogP contribution in [0.3, 0.4) is 0 Å². The first-order valence-corrected chi connectivity index (χ1v) is 3.35. The van der Waals surface area contributed by atoms with Crippen LogP contribution in [0.5, 0.6) is 0 Å². The summed E-state index contributed by atoms with van der Waals surface area (Å²) >= 11 is 0. The number of rotatable bonds is 3. The van der Waals surface area contributed by atoms with E-state index < -0.39 is 0 Å². The standard InChI is InChI=1S/C7H16/c1-4-7(5-2)6-3/h7H,4-6H2,1-3H3. The minimum absolute atomic E-state index is 0.986. The van der Waals surface area contributed by atoms with E-state index >= 15 is 0 Å². The fourth-order valence-electron chi connectivity index (χ4n) is 0.866. The van der Waals surface area contributed by atoms with Crippen LogP contribution in [-0.2, 0) is 0 Å². The van der Waals surface area contributed by atoms with Crippen molar-refractivity contribution in [3.63, 3.8) is 0 Å². The van der Waals surface area contributed by atoms with Gasteiger partial charge in [0.15, 0.2) is 0 Å². The van der Waals surface area contributed by atoms with E-state index in [9.17, 15) is 0 Å². The van der Waals surface area contributed by atoms with Crippen molar-refractivity contribution in [2.75, 3.05) is 0 Å². The Labute approximate surface area is 46.9 Å². The number of hydrogen-bond donors (Lipinski definition) is 0. The third kappa shape index (κ3) is 2.67. The highest BCUT2D eigenvalue weighted by atomic mass is 14.0. The lowest BCUT2D eigenvalue weighted by Gasteiger charge is -2.05. The van der Waals surface area contributed by atoms with Gasteiger partial charge in [0.05, 0.1) is 0 Å². The van der Waals surface area contributed by atoms with Gasteiger partial charge in [-0.05, 0) is 5.92 Å². The van der Waals surface area contributed by atoms with Crippen LogP contribution < -0.4 is 0 Å².